The van der Waals surface area contributed by atoms with E-state index < -0.39 is 12.0 Å². The molecule has 2 N–H and O–H groups in total. The van der Waals surface area contributed by atoms with Crippen LogP contribution in [-0.2, 0) is 20.9 Å². The van der Waals surface area contributed by atoms with E-state index in [1.807, 2.05) is 0 Å². The number of nitrogens with zero attached hydrogens (tertiary/aromatic N) is 1. The minimum atomic E-state index is -0.729. The number of benzene rings is 1. The molecule has 0 aliphatic carbocycles. The number of carbonyl (C=O) groups excluding carboxylic acids is 3. The first kappa shape index (κ1) is 18.9. The molecule has 9 heteroatoms. The quantitative estimate of drug-likeness (QED) is 0.755. The van der Waals surface area contributed by atoms with E-state index in [9.17, 15) is 14.4 Å². The van der Waals surface area contributed by atoms with Crippen molar-refractivity contribution in [1.29, 1.82) is 0 Å². The Labute approximate surface area is 166 Å². The van der Waals surface area contributed by atoms with Crippen LogP contribution in [0.4, 0.5) is 5.69 Å². The lowest BCUT2D eigenvalue weighted by molar-refractivity contribution is -0.131. The summed E-state index contributed by atoms with van der Waals surface area (Å²) >= 11 is 0. The summed E-state index contributed by atoms with van der Waals surface area (Å²) in [6.07, 6.45) is 1.61. The summed E-state index contributed by atoms with van der Waals surface area (Å²) in [6, 6.07) is 7.98. The van der Waals surface area contributed by atoms with Crippen LogP contribution in [0.1, 0.15) is 19.1 Å². The van der Waals surface area contributed by atoms with Crippen LogP contribution in [0.5, 0.6) is 11.5 Å². The van der Waals surface area contributed by atoms with Gasteiger partial charge in [-0.1, -0.05) is 0 Å². The molecule has 1 saturated heterocycles. The van der Waals surface area contributed by atoms with E-state index >= 15 is 0 Å². The molecule has 2 aliphatic rings. The van der Waals surface area contributed by atoms with Gasteiger partial charge in [0.2, 0.25) is 24.5 Å². The summed E-state index contributed by atoms with van der Waals surface area (Å²) in [5, 5.41) is 5.38. The molecule has 2 aromatic rings. The van der Waals surface area contributed by atoms with Crippen molar-refractivity contribution < 1.29 is 28.3 Å². The van der Waals surface area contributed by atoms with Gasteiger partial charge >= 0.3 is 0 Å². The van der Waals surface area contributed by atoms with Crippen LogP contribution in [0.3, 0.4) is 0 Å². The molecule has 1 aromatic heterocycles. The molecule has 3 heterocycles. The van der Waals surface area contributed by atoms with Gasteiger partial charge in [-0.2, -0.15) is 0 Å². The second-order valence-corrected chi connectivity index (χ2v) is 6.97. The van der Waals surface area contributed by atoms with Crippen molar-refractivity contribution in [2.75, 3.05) is 18.2 Å². The maximum Gasteiger partial charge on any atom is 0.242 e. The first-order valence-electron chi connectivity index (χ1n) is 9.32. The maximum absolute atomic E-state index is 12.6. The van der Waals surface area contributed by atoms with Crippen LogP contribution < -0.4 is 25.0 Å². The third-order valence-corrected chi connectivity index (χ3v) is 4.93. The SMILES string of the molecule is C[C@H](NC(=O)[C@@H]1CC(=O)N(c2ccc3c(c2)OCO3)C1)C(=O)NCc1ccco1. The van der Waals surface area contributed by atoms with Crippen LogP contribution in [0.15, 0.2) is 41.0 Å². The molecule has 0 unspecified atom stereocenters. The first-order valence-corrected chi connectivity index (χ1v) is 9.32. The van der Waals surface area contributed by atoms with Gasteiger partial charge in [-0.25, -0.2) is 0 Å². The van der Waals surface area contributed by atoms with Crippen LogP contribution in [0.2, 0.25) is 0 Å². The maximum atomic E-state index is 12.6. The molecule has 0 spiro atoms. The van der Waals surface area contributed by atoms with Gasteiger partial charge in [-0.15, -0.1) is 0 Å². The van der Waals surface area contributed by atoms with Crippen molar-refractivity contribution in [1.82, 2.24) is 10.6 Å². The largest absolute Gasteiger partial charge is 0.467 e. The second kappa shape index (κ2) is 7.86. The fraction of sp³-hybridized carbons (Fsp3) is 0.350. The predicted octanol–water partition coefficient (Wildman–Crippen LogP) is 1.18. The molecular formula is C20H21N3O6. The Morgan fingerprint density at radius 2 is 2.07 bits per heavy atom. The number of anilines is 1. The first-order chi connectivity index (χ1) is 14.0. The average Bonchev–Trinajstić information content (AvgIpc) is 3.45. The Hall–Kier alpha value is -3.49. The van der Waals surface area contributed by atoms with Crippen molar-refractivity contribution in [2.24, 2.45) is 5.92 Å². The number of carbonyl (C=O) groups is 3. The summed E-state index contributed by atoms with van der Waals surface area (Å²) in [5.41, 5.74) is 0.652. The van der Waals surface area contributed by atoms with E-state index in [0.29, 0.717) is 22.9 Å². The number of rotatable bonds is 6. The highest BCUT2D eigenvalue weighted by Gasteiger charge is 2.36. The number of amides is 3. The highest BCUT2D eigenvalue weighted by molar-refractivity contribution is 6.01. The minimum absolute atomic E-state index is 0.0843. The molecule has 2 aliphatic heterocycles. The van der Waals surface area contributed by atoms with E-state index in [4.69, 9.17) is 13.9 Å². The molecule has 0 radical (unpaired) electrons. The topological polar surface area (TPSA) is 110 Å². The molecule has 0 saturated carbocycles. The number of nitrogens with one attached hydrogen (secondary N) is 2. The highest BCUT2D eigenvalue weighted by Crippen LogP contribution is 2.37. The van der Waals surface area contributed by atoms with Crippen molar-refractivity contribution in [2.45, 2.75) is 25.9 Å². The number of furan rings is 1. The van der Waals surface area contributed by atoms with E-state index in [-0.39, 0.29) is 44.0 Å². The summed E-state index contributed by atoms with van der Waals surface area (Å²) in [6.45, 7) is 2.23. The molecule has 1 aromatic carbocycles. The van der Waals surface area contributed by atoms with Gasteiger partial charge in [0, 0.05) is 24.7 Å². The fourth-order valence-electron chi connectivity index (χ4n) is 3.32. The van der Waals surface area contributed by atoms with Crippen LogP contribution >= 0.6 is 0 Å². The van der Waals surface area contributed by atoms with Crippen LogP contribution in [-0.4, -0.2) is 37.1 Å². The van der Waals surface area contributed by atoms with Gasteiger partial charge in [0.1, 0.15) is 11.8 Å². The molecule has 9 nitrogen and oxygen atoms in total. The zero-order valence-corrected chi connectivity index (χ0v) is 15.8. The van der Waals surface area contributed by atoms with Crippen molar-refractivity contribution in [3.8, 4) is 11.5 Å². The van der Waals surface area contributed by atoms with E-state index in [1.54, 1.807) is 42.2 Å². The molecule has 2 atom stereocenters. The van der Waals surface area contributed by atoms with Gasteiger partial charge in [0.15, 0.2) is 11.5 Å². The van der Waals surface area contributed by atoms with Gasteiger partial charge in [-0.3, -0.25) is 14.4 Å². The minimum Gasteiger partial charge on any atom is -0.467 e. The third-order valence-electron chi connectivity index (χ3n) is 4.93. The molecule has 3 amide bonds. The fourth-order valence-corrected chi connectivity index (χ4v) is 3.32. The van der Waals surface area contributed by atoms with Gasteiger partial charge < -0.3 is 29.4 Å². The normalized spacial score (nSPS) is 18.6. The monoisotopic (exact) mass is 399 g/mol. The van der Waals surface area contributed by atoms with Crippen molar-refractivity contribution in [3.05, 3.63) is 42.4 Å². The number of fused-ring (bicyclic) bond motifs is 1. The zero-order chi connectivity index (χ0) is 20.4. The third kappa shape index (κ3) is 4.03. The van der Waals surface area contributed by atoms with Gasteiger partial charge in [0.25, 0.3) is 0 Å². The smallest absolute Gasteiger partial charge is 0.242 e. The Morgan fingerprint density at radius 1 is 1.24 bits per heavy atom. The lowest BCUT2D eigenvalue weighted by Gasteiger charge is -2.18. The standard InChI is InChI=1S/C20H21N3O6/c1-12(19(25)21-9-15-3-2-6-27-15)22-20(26)13-7-18(24)23(10-13)14-4-5-16-17(8-14)29-11-28-16/h2-6,8,12-13H,7,9-11H2,1H3,(H,21,25)(H,22,26)/t12-,13+/m0/s1. The summed E-state index contributed by atoms with van der Waals surface area (Å²) in [4.78, 5) is 38.7. The van der Waals surface area contributed by atoms with Gasteiger partial charge in [-0.05, 0) is 31.2 Å². The van der Waals surface area contributed by atoms with E-state index in [1.165, 1.54) is 6.26 Å². The summed E-state index contributed by atoms with van der Waals surface area (Å²) in [5.74, 6) is 0.480. The van der Waals surface area contributed by atoms with Crippen molar-refractivity contribution in [3.63, 3.8) is 0 Å². The molecule has 29 heavy (non-hydrogen) atoms. The van der Waals surface area contributed by atoms with Crippen molar-refractivity contribution >= 4 is 23.4 Å². The van der Waals surface area contributed by atoms with Crippen LogP contribution in [0, 0.1) is 5.92 Å². The molecule has 152 valence electrons. The Bertz CT molecular complexity index is 926. The molecule has 4 rings (SSSR count). The average molecular weight is 399 g/mol. The Balaban J connectivity index is 1.32. The molecular weight excluding hydrogens is 378 g/mol. The second-order valence-electron chi connectivity index (χ2n) is 6.97. The summed E-state index contributed by atoms with van der Waals surface area (Å²) in [7, 11) is 0. The Morgan fingerprint density at radius 3 is 2.86 bits per heavy atom. The number of hydrogen-bond acceptors (Lipinski definition) is 6. The lowest BCUT2D eigenvalue weighted by atomic mass is 10.1. The van der Waals surface area contributed by atoms with Crippen LogP contribution in [0.25, 0.3) is 0 Å². The number of ether oxygens (including phenoxy) is 2. The van der Waals surface area contributed by atoms with E-state index in [2.05, 4.69) is 10.6 Å². The lowest BCUT2D eigenvalue weighted by Crippen LogP contribution is -2.46. The van der Waals surface area contributed by atoms with Gasteiger partial charge in [0.05, 0.1) is 18.7 Å². The molecule has 1 fully saturated rings. The predicted molar refractivity (Wildman–Crippen MR) is 101 cm³/mol. The Kier molecular flexibility index (Phi) is 5.11. The highest BCUT2D eigenvalue weighted by atomic mass is 16.7. The summed E-state index contributed by atoms with van der Waals surface area (Å²) < 4.78 is 15.8. The number of hydrogen-bond donors (Lipinski definition) is 2. The zero-order valence-electron chi connectivity index (χ0n) is 15.8. The van der Waals surface area contributed by atoms with E-state index in [0.717, 1.165) is 0 Å². The molecule has 0 bridgehead atoms.